The van der Waals surface area contributed by atoms with Crippen molar-refractivity contribution < 1.29 is 0 Å². The monoisotopic (exact) mass is 218 g/mol. The summed E-state index contributed by atoms with van der Waals surface area (Å²) in [4.78, 5) is 5.51. The van der Waals surface area contributed by atoms with Crippen LogP contribution in [0.3, 0.4) is 0 Å². The van der Waals surface area contributed by atoms with Gasteiger partial charge in [0.1, 0.15) is 0 Å². The topological polar surface area (TPSA) is 38.9 Å². The molecule has 3 heteroatoms. The third-order valence-electron chi connectivity index (χ3n) is 2.39. The van der Waals surface area contributed by atoms with Crippen LogP contribution in [0.4, 0.5) is 0 Å². The van der Waals surface area contributed by atoms with E-state index in [1.165, 1.54) is 16.0 Å². The fraction of sp³-hybridized carbons (Fsp3) is 0.250. The minimum atomic E-state index is 0.707. The number of aryl methyl sites for hydroxylation is 1. The molecule has 0 spiro atoms. The highest BCUT2D eigenvalue weighted by molar-refractivity contribution is 7.13. The van der Waals surface area contributed by atoms with E-state index in [2.05, 4.69) is 29.2 Å². The van der Waals surface area contributed by atoms with E-state index in [1.54, 1.807) is 11.3 Å². The highest BCUT2D eigenvalue weighted by Crippen LogP contribution is 2.27. The molecule has 0 fully saturated rings. The predicted octanol–water partition coefficient (Wildman–Crippen LogP) is 2.62. The van der Waals surface area contributed by atoms with Gasteiger partial charge < -0.3 is 5.73 Å². The van der Waals surface area contributed by atoms with Gasteiger partial charge in [-0.05, 0) is 31.0 Å². The molecule has 2 aromatic rings. The van der Waals surface area contributed by atoms with Crippen molar-refractivity contribution in [3.63, 3.8) is 0 Å². The Balaban J connectivity index is 2.28. The first-order valence-electron chi connectivity index (χ1n) is 5.00. The van der Waals surface area contributed by atoms with Crippen LogP contribution in [0.25, 0.3) is 10.4 Å². The molecular formula is C12H14N2S. The van der Waals surface area contributed by atoms with Crippen LogP contribution >= 0.6 is 11.3 Å². The summed E-state index contributed by atoms with van der Waals surface area (Å²) < 4.78 is 0. The molecule has 0 saturated carbocycles. The van der Waals surface area contributed by atoms with Gasteiger partial charge in [-0.2, -0.15) is 0 Å². The Morgan fingerprint density at radius 1 is 1.27 bits per heavy atom. The van der Waals surface area contributed by atoms with E-state index in [4.69, 9.17) is 5.73 Å². The third kappa shape index (κ3) is 2.25. The maximum Gasteiger partial charge on any atom is 0.0801 e. The van der Waals surface area contributed by atoms with Crippen LogP contribution in [-0.2, 0) is 6.42 Å². The van der Waals surface area contributed by atoms with Crippen molar-refractivity contribution in [3.8, 4) is 10.4 Å². The summed E-state index contributed by atoms with van der Waals surface area (Å²) in [5.41, 5.74) is 11.0. The van der Waals surface area contributed by atoms with Gasteiger partial charge in [-0.1, -0.05) is 24.3 Å². The van der Waals surface area contributed by atoms with Crippen LogP contribution in [0.15, 0.2) is 29.8 Å². The highest BCUT2D eigenvalue weighted by Gasteiger charge is 2.03. The Hall–Kier alpha value is -1.19. The average molecular weight is 218 g/mol. The molecule has 0 aliphatic rings. The number of hydrogen-bond acceptors (Lipinski definition) is 3. The molecule has 1 aromatic carbocycles. The number of nitrogens with two attached hydrogens (primary N) is 1. The first-order chi connectivity index (χ1) is 7.31. The van der Waals surface area contributed by atoms with Crippen molar-refractivity contribution in [1.29, 1.82) is 0 Å². The lowest BCUT2D eigenvalue weighted by Crippen LogP contribution is -2.02. The molecular weight excluding hydrogens is 204 g/mol. The molecule has 78 valence electrons. The lowest BCUT2D eigenvalue weighted by atomic mass is 10.1. The maximum atomic E-state index is 5.51. The molecule has 0 unspecified atom stereocenters. The second kappa shape index (κ2) is 4.55. The molecule has 2 nitrogen and oxygen atoms in total. The van der Waals surface area contributed by atoms with Gasteiger partial charge in [0, 0.05) is 0 Å². The molecule has 0 aliphatic heterocycles. The minimum Gasteiger partial charge on any atom is -0.330 e. The Morgan fingerprint density at radius 2 is 2.00 bits per heavy atom. The average Bonchev–Trinajstić information content (AvgIpc) is 2.66. The zero-order valence-electron chi connectivity index (χ0n) is 8.73. The quantitative estimate of drug-likeness (QED) is 0.860. The molecule has 0 radical (unpaired) electrons. The molecule has 0 amide bonds. The van der Waals surface area contributed by atoms with E-state index in [0.29, 0.717) is 6.54 Å². The molecule has 15 heavy (non-hydrogen) atoms. The fourth-order valence-corrected chi connectivity index (χ4v) is 2.38. The number of rotatable bonds is 3. The van der Waals surface area contributed by atoms with Gasteiger partial charge in [-0.25, -0.2) is 4.98 Å². The summed E-state index contributed by atoms with van der Waals surface area (Å²) in [6.45, 7) is 2.75. The van der Waals surface area contributed by atoms with Gasteiger partial charge in [0.05, 0.1) is 16.1 Å². The Labute approximate surface area is 93.8 Å². The molecule has 0 atom stereocenters. The van der Waals surface area contributed by atoms with Crippen molar-refractivity contribution in [2.75, 3.05) is 6.54 Å². The zero-order chi connectivity index (χ0) is 10.7. The summed E-state index contributed by atoms with van der Waals surface area (Å²) in [7, 11) is 0. The summed E-state index contributed by atoms with van der Waals surface area (Å²) in [5, 5.41) is 0. The van der Waals surface area contributed by atoms with Crippen molar-refractivity contribution in [2.45, 2.75) is 13.3 Å². The van der Waals surface area contributed by atoms with Crippen molar-refractivity contribution >= 4 is 11.3 Å². The summed E-state index contributed by atoms with van der Waals surface area (Å²) in [5.74, 6) is 0. The summed E-state index contributed by atoms with van der Waals surface area (Å²) in [6.07, 6.45) is 0.946. The van der Waals surface area contributed by atoms with E-state index in [9.17, 15) is 0 Å². The standard InChI is InChI=1S/C12H14N2S/c1-9-12(15-8-14-9)11-4-2-10(3-5-11)6-7-13/h2-5,8H,6-7,13H2,1H3. The number of benzene rings is 1. The maximum absolute atomic E-state index is 5.51. The second-order valence-electron chi connectivity index (χ2n) is 3.50. The predicted molar refractivity (Wildman–Crippen MR) is 65.0 cm³/mol. The third-order valence-corrected chi connectivity index (χ3v) is 3.37. The lowest BCUT2D eigenvalue weighted by molar-refractivity contribution is 0.969. The van der Waals surface area contributed by atoms with Crippen LogP contribution < -0.4 is 5.73 Å². The van der Waals surface area contributed by atoms with Crippen molar-refractivity contribution in [3.05, 3.63) is 41.0 Å². The van der Waals surface area contributed by atoms with Crippen LogP contribution in [0.2, 0.25) is 0 Å². The molecule has 0 aliphatic carbocycles. The van der Waals surface area contributed by atoms with Crippen molar-refractivity contribution in [2.24, 2.45) is 5.73 Å². The van der Waals surface area contributed by atoms with Gasteiger partial charge in [0.25, 0.3) is 0 Å². The van der Waals surface area contributed by atoms with Crippen molar-refractivity contribution in [1.82, 2.24) is 4.98 Å². The van der Waals surface area contributed by atoms with E-state index in [1.807, 2.05) is 12.4 Å². The first kappa shape index (κ1) is 10.3. The molecule has 0 saturated heterocycles. The number of thiazole rings is 1. The van der Waals surface area contributed by atoms with Gasteiger partial charge in [-0.3, -0.25) is 0 Å². The smallest absolute Gasteiger partial charge is 0.0801 e. The van der Waals surface area contributed by atoms with Crippen LogP contribution in [0.5, 0.6) is 0 Å². The minimum absolute atomic E-state index is 0.707. The molecule has 1 aromatic heterocycles. The summed E-state index contributed by atoms with van der Waals surface area (Å²) in [6, 6.07) is 8.57. The van der Waals surface area contributed by atoms with Gasteiger partial charge in [0.15, 0.2) is 0 Å². The Kier molecular flexibility index (Phi) is 3.14. The van der Waals surface area contributed by atoms with Crippen LogP contribution in [0, 0.1) is 6.92 Å². The van der Waals surface area contributed by atoms with Crippen LogP contribution in [-0.4, -0.2) is 11.5 Å². The fourth-order valence-electron chi connectivity index (χ4n) is 1.57. The van der Waals surface area contributed by atoms with Gasteiger partial charge in [0.2, 0.25) is 0 Å². The normalized spacial score (nSPS) is 10.5. The van der Waals surface area contributed by atoms with E-state index in [0.717, 1.165) is 12.1 Å². The SMILES string of the molecule is Cc1ncsc1-c1ccc(CCN)cc1. The van der Waals surface area contributed by atoms with Gasteiger partial charge in [-0.15, -0.1) is 11.3 Å². The van der Waals surface area contributed by atoms with Crippen LogP contribution in [0.1, 0.15) is 11.3 Å². The molecule has 0 bridgehead atoms. The molecule has 2 rings (SSSR count). The summed E-state index contributed by atoms with van der Waals surface area (Å²) >= 11 is 1.69. The van der Waals surface area contributed by atoms with Gasteiger partial charge >= 0.3 is 0 Å². The largest absolute Gasteiger partial charge is 0.330 e. The molecule has 2 N–H and O–H groups in total. The zero-order valence-corrected chi connectivity index (χ0v) is 9.55. The highest BCUT2D eigenvalue weighted by atomic mass is 32.1. The Morgan fingerprint density at radius 3 is 2.53 bits per heavy atom. The number of nitrogens with zero attached hydrogens (tertiary/aromatic N) is 1. The number of aromatic nitrogens is 1. The second-order valence-corrected chi connectivity index (χ2v) is 4.36. The van der Waals surface area contributed by atoms with E-state index >= 15 is 0 Å². The van der Waals surface area contributed by atoms with E-state index < -0.39 is 0 Å². The van der Waals surface area contributed by atoms with E-state index in [-0.39, 0.29) is 0 Å². The Bertz CT molecular complexity index is 431. The number of hydrogen-bond donors (Lipinski definition) is 1. The first-order valence-corrected chi connectivity index (χ1v) is 5.88. The molecule has 1 heterocycles. The lowest BCUT2D eigenvalue weighted by Gasteiger charge is -2.01.